The number of thioether (sulfide) groups is 1. The van der Waals surface area contributed by atoms with Gasteiger partial charge in [0.05, 0.1) is 22.2 Å². The maximum atomic E-state index is 12.1. The van der Waals surface area contributed by atoms with Crippen LogP contribution in [0.2, 0.25) is 0 Å². The van der Waals surface area contributed by atoms with Gasteiger partial charge in [0.25, 0.3) is 0 Å². The zero-order valence-electron chi connectivity index (χ0n) is 12.1. The van der Waals surface area contributed by atoms with Crippen molar-refractivity contribution in [1.82, 2.24) is 9.88 Å². The number of carboxylic acid groups (broad SMARTS) is 1. The minimum absolute atomic E-state index is 0.0185. The first-order chi connectivity index (χ1) is 10.1. The first kappa shape index (κ1) is 16.3. The average molecular weight is 328 g/mol. The Hall–Kier alpha value is -1.08. The van der Waals surface area contributed by atoms with E-state index >= 15 is 0 Å². The van der Waals surface area contributed by atoms with Crippen molar-refractivity contribution >= 4 is 35.0 Å². The molecule has 0 bridgehead atoms. The van der Waals surface area contributed by atoms with Crippen LogP contribution in [0.5, 0.6) is 0 Å². The fraction of sp³-hybridized carbons (Fsp3) is 0.643. The Morgan fingerprint density at radius 3 is 3.00 bits per heavy atom. The van der Waals surface area contributed by atoms with Crippen LogP contribution in [-0.4, -0.2) is 51.5 Å². The van der Waals surface area contributed by atoms with E-state index in [1.165, 1.54) is 0 Å². The first-order valence-corrected chi connectivity index (χ1v) is 9.15. The highest BCUT2D eigenvalue weighted by Crippen LogP contribution is 2.29. The number of carboxylic acids is 1. The molecule has 1 unspecified atom stereocenters. The van der Waals surface area contributed by atoms with Crippen LogP contribution in [0.1, 0.15) is 36.4 Å². The standard InChI is InChI=1S/C14H20N2O3S2/c1-2-11-7-21-14(15-11)10-4-3-5-16(6-10)12(17)8-20-9-13(18)19/h7,10H,2-6,8-9H2,1H3,(H,18,19). The summed E-state index contributed by atoms with van der Waals surface area (Å²) in [5, 5.41) is 11.8. The minimum atomic E-state index is -0.876. The number of carbonyl (C=O) groups is 2. The van der Waals surface area contributed by atoms with Gasteiger partial charge in [-0.1, -0.05) is 6.92 Å². The molecule has 5 nitrogen and oxygen atoms in total. The normalized spacial score (nSPS) is 18.7. The van der Waals surface area contributed by atoms with Crippen LogP contribution in [0, 0.1) is 0 Å². The molecule has 0 radical (unpaired) electrons. The van der Waals surface area contributed by atoms with Crippen LogP contribution in [0.25, 0.3) is 0 Å². The second-order valence-electron chi connectivity index (χ2n) is 5.10. The van der Waals surface area contributed by atoms with E-state index in [0.29, 0.717) is 12.5 Å². The zero-order chi connectivity index (χ0) is 15.2. The number of hydrogen-bond donors (Lipinski definition) is 1. The molecule has 2 rings (SSSR count). The van der Waals surface area contributed by atoms with Crippen molar-refractivity contribution in [2.45, 2.75) is 32.1 Å². The van der Waals surface area contributed by atoms with E-state index in [1.807, 2.05) is 4.90 Å². The highest BCUT2D eigenvalue weighted by Gasteiger charge is 2.26. The molecule has 1 atom stereocenters. The molecule has 0 aliphatic carbocycles. The maximum absolute atomic E-state index is 12.1. The molecular weight excluding hydrogens is 308 g/mol. The number of aromatic nitrogens is 1. The lowest BCUT2D eigenvalue weighted by atomic mass is 9.99. The number of rotatable bonds is 6. The average Bonchev–Trinajstić information content (AvgIpc) is 2.96. The zero-order valence-corrected chi connectivity index (χ0v) is 13.7. The molecule has 21 heavy (non-hydrogen) atoms. The second-order valence-corrected chi connectivity index (χ2v) is 6.97. The van der Waals surface area contributed by atoms with Crippen molar-refractivity contribution in [2.24, 2.45) is 0 Å². The number of aryl methyl sites for hydroxylation is 1. The lowest BCUT2D eigenvalue weighted by Gasteiger charge is -2.31. The van der Waals surface area contributed by atoms with Crippen molar-refractivity contribution in [3.63, 3.8) is 0 Å². The molecule has 7 heteroatoms. The molecule has 1 aromatic heterocycles. The van der Waals surface area contributed by atoms with Gasteiger partial charge in [-0.05, 0) is 19.3 Å². The molecule has 1 N–H and O–H groups in total. The van der Waals surface area contributed by atoms with Gasteiger partial charge in [0.2, 0.25) is 5.91 Å². The molecule has 1 aliphatic heterocycles. The Morgan fingerprint density at radius 1 is 1.52 bits per heavy atom. The third-order valence-electron chi connectivity index (χ3n) is 3.51. The fourth-order valence-electron chi connectivity index (χ4n) is 2.39. The summed E-state index contributed by atoms with van der Waals surface area (Å²) in [6.07, 6.45) is 3.00. The summed E-state index contributed by atoms with van der Waals surface area (Å²) in [5.41, 5.74) is 1.12. The summed E-state index contributed by atoms with van der Waals surface area (Å²) in [6, 6.07) is 0. The molecule has 0 spiro atoms. The molecule has 1 aliphatic rings. The highest BCUT2D eigenvalue weighted by molar-refractivity contribution is 8.00. The second kappa shape index (κ2) is 7.79. The number of amides is 1. The lowest BCUT2D eigenvalue weighted by Crippen LogP contribution is -2.40. The van der Waals surface area contributed by atoms with Gasteiger partial charge < -0.3 is 10.0 Å². The number of nitrogens with zero attached hydrogens (tertiary/aromatic N) is 2. The summed E-state index contributed by atoms with van der Waals surface area (Å²) in [7, 11) is 0. The largest absolute Gasteiger partial charge is 0.481 e. The van der Waals surface area contributed by atoms with E-state index in [0.717, 1.165) is 48.3 Å². The number of hydrogen-bond acceptors (Lipinski definition) is 5. The van der Waals surface area contributed by atoms with Gasteiger partial charge in [-0.2, -0.15) is 0 Å². The summed E-state index contributed by atoms with van der Waals surface area (Å²) < 4.78 is 0. The third-order valence-corrected chi connectivity index (χ3v) is 5.46. The van der Waals surface area contributed by atoms with Crippen LogP contribution in [0.3, 0.4) is 0 Å². The quantitative estimate of drug-likeness (QED) is 0.867. The van der Waals surface area contributed by atoms with Crippen molar-refractivity contribution in [3.8, 4) is 0 Å². The molecule has 0 aromatic carbocycles. The summed E-state index contributed by atoms with van der Waals surface area (Å²) >= 11 is 2.85. The lowest BCUT2D eigenvalue weighted by molar-refractivity contribution is -0.133. The summed E-state index contributed by atoms with van der Waals surface area (Å²) in [6.45, 7) is 3.58. The van der Waals surface area contributed by atoms with Crippen molar-refractivity contribution in [3.05, 3.63) is 16.1 Å². The topological polar surface area (TPSA) is 70.5 Å². The van der Waals surface area contributed by atoms with Gasteiger partial charge in [0.1, 0.15) is 0 Å². The van der Waals surface area contributed by atoms with Crippen molar-refractivity contribution in [2.75, 3.05) is 24.6 Å². The first-order valence-electron chi connectivity index (χ1n) is 7.11. The van der Waals surface area contributed by atoms with E-state index in [-0.39, 0.29) is 17.4 Å². The van der Waals surface area contributed by atoms with Crippen LogP contribution >= 0.6 is 23.1 Å². The Kier molecular flexibility index (Phi) is 6.05. The molecule has 116 valence electrons. The van der Waals surface area contributed by atoms with Crippen molar-refractivity contribution in [1.29, 1.82) is 0 Å². The fourth-order valence-corrected chi connectivity index (χ4v) is 4.06. The van der Waals surface area contributed by atoms with Gasteiger partial charge in [-0.25, -0.2) is 4.98 Å². The van der Waals surface area contributed by atoms with Crippen LogP contribution < -0.4 is 0 Å². The third kappa shape index (κ3) is 4.71. The predicted octanol–water partition coefficient (Wildman–Crippen LogP) is 2.23. The van der Waals surface area contributed by atoms with Gasteiger partial charge in [0, 0.05) is 24.4 Å². The molecule has 0 saturated carbocycles. The Balaban J connectivity index is 1.87. The predicted molar refractivity (Wildman–Crippen MR) is 85.0 cm³/mol. The summed E-state index contributed by atoms with van der Waals surface area (Å²) in [4.78, 5) is 29.1. The maximum Gasteiger partial charge on any atom is 0.313 e. The smallest absolute Gasteiger partial charge is 0.313 e. The van der Waals surface area contributed by atoms with E-state index < -0.39 is 5.97 Å². The molecule has 1 amide bonds. The minimum Gasteiger partial charge on any atom is -0.481 e. The molecule has 1 aromatic rings. The van der Waals surface area contributed by atoms with E-state index in [1.54, 1.807) is 11.3 Å². The van der Waals surface area contributed by atoms with Crippen molar-refractivity contribution < 1.29 is 14.7 Å². The van der Waals surface area contributed by atoms with E-state index in [9.17, 15) is 9.59 Å². The number of carbonyl (C=O) groups excluding carboxylic acids is 1. The monoisotopic (exact) mass is 328 g/mol. The van der Waals surface area contributed by atoms with E-state index in [4.69, 9.17) is 5.11 Å². The van der Waals surface area contributed by atoms with E-state index in [2.05, 4.69) is 17.3 Å². The number of thiazole rings is 1. The molecular formula is C14H20N2O3S2. The molecule has 1 fully saturated rings. The molecule has 2 heterocycles. The van der Waals surface area contributed by atoms with Gasteiger partial charge in [-0.15, -0.1) is 23.1 Å². The SMILES string of the molecule is CCc1csc(C2CCCN(C(=O)CSCC(=O)O)C2)n1. The van der Waals surface area contributed by atoms with Crippen LogP contribution in [-0.2, 0) is 16.0 Å². The molecule has 1 saturated heterocycles. The summed E-state index contributed by atoms with van der Waals surface area (Å²) in [5.74, 6) is -0.276. The number of piperidine rings is 1. The van der Waals surface area contributed by atoms with Crippen LogP contribution in [0.15, 0.2) is 5.38 Å². The van der Waals surface area contributed by atoms with Gasteiger partial charge in [0.15, 0.2) is 0 Å². The van der Waals surface area contributed by atoms with Gasteiger partial charge in [-0.3, -0.25) is 9.59 Å². The highest BCUT2D eigenvalue weighted by atomic mass is 32.2. The number of aliphatic carboxylic acids is 1. The Morgan fingerprint density at radius 2 is 2.33 bits per heavy atom. The van der Waals surface area contributed by atoms with Gasteiger partial charge >= 0.3 is 5.97 Å². The van der Waals surface area contributed by atoms with Crippen LogP contribution in [0.4, 0.5) is 0 Å². The number of likely N-dealkylation sites (tertiary alicyclic amines) is 1. The Bertz CT molecular complexity index is 504. The Labute approximate surface area is 132 Å².